The first-order valence-electron chi connectivity index (χ1n) is 3.54. The summed E-state index contributed by atoms with van der Waals surface area (Å²) in [7, 11) is 0. The molecule has 2 heterocycles. The van der Waals surface area contributed by atoms with E-state index in [1.165, 1.54) is 0 Å². The first kappa shape index (κ1) is 8.07. The van der Waals surface area contributed by atoms with E-state index in [2.05, 4.69) is 15.2 Å². The van der Waals surface area contributed by atoms with Gasteiger partial charge in [0.05, 0.1) is 16.3 Å². The average Bonchev–Trinajstić information content (AvgIpc) is 2.60. The number of benzene rings is 1. The lowest BCUT2D eigenvalue weighted by atomic mass is 10.2. The van der Waals surface area contributed by atoms with E-state index in [1.54, 1.807) is 6.07 Å². The first-order valence-corrected chi connectivity index (χ1v) is 3.54. The van der Waals surface area contributed by atoms with Gasteiger partial charge in [-0.05, 0) is 12.1 Å². The maximum absolute atomic E-state index is 11.1. The number of carbonyl (C=O) groups excluding carboxylic acids is 1. The molecule has 0 aromatic heterocycles. The molecule has 0 saturated carbocycles. The van der Waals surface area contributed by atoms with Crippen LogP contribution in [0.15, 0.2) is 33.4 Å². The molecule has 2 aliphatic heterocycles. The summed E-state index contributed by atoms with van der Waals surface area (Å²) < 4.78 is 0. The Bertz CT molecular complexity index is 547. The van der Waals surface area contributed by atoms with E-state index in [-0.39, 0.29) is 18.3 Å². The Balaban J connectivity index is 0.000000653. The van der Waals surface area contributed by atoms with Gasteiger partial charge in [-0.1, -0.05) is 6.07 Å². The van der Waals surface area contributed by atoms with Crippen LogP contribution in [0.5, 0.6) is 0 Å². The molecule has 0 fully saturated rings. The minimum Gasteiger partial charge on any atom is -0.265 e. The SMILES string of the molecule is Cl.O=C1N=c2cccc3c2=C1N=N3. The third-order valence-electron chi connectivity index (χ3n) is 1.94. The van der Waals surface area contributed by atoms with Crippen LogP contribution in [-0.2, 0) is 4.79 Å². The van der Waals surface area contributed by atoms with E-state index in [0.29, 0.717) is 11.1 Å². The van der Waals surface area contributed by atoms with Crippen molar-refractivity contribution in [1.82, 2.24) is 0 Å². The largest absolute Gasteiger partial charge is 0.298 e. The zero-order valence-corrected chi connectivity index (χ0v) is 7.21. The van der Waals surface area contributed by atoms with Crippen LogP contribution in [0.25, 0.3) is 5.70 Å². The molecule has 13 heavy (non-hydrogen) atoms. The van der Waals surface area contributed by atoms with E-state index < -0.39 is 0 Å². The normalized spacial score (nSPS) is 15.4. The number of nitrogens with zero attached hydrogens (tertiary/aromatic N) is 3. The molecule has 0 aliphatic carbocycles. The van der Waals surface area contributed by atoms with Gasteiger partial charge in [-0.15, -0.1) is 22.6 Å². The van der Waals surface area contributed by atoms with Gasteiger partial charge in [0.15, 0.2) is 5.70 Å². The number of carbonyl (C=O) groups is 1. The topological polar surface area (TPSA) is 54.1 Å². The number of hydrogen-bond acceptors (Lipinski definition) is 3. The van der Waals surface area contributed by atoms with E-state index in [9.17, 15) is 4.79 Å². The maximum atomic E-state index is 11.1. The summed E-state index contributed by atoms with van der Waals surface area (Å²) in [5, 5.41) is 9.09. The quantitative estimate of drug-likeness (QED) is 0.591. The fourth-order valence-corrected chi connectivity index (χ4v) is 1.41. The highest BCUT2D eigenvalue weighted by atomic mass is 35.5. The predicted molar refractivity (Wildman–Crippen MR) is 47.4 cm³/mol. The van der Waals surface area contributed by atoms with E-state index in [1.807, 2.05) is 12.1 Å². The summed E-state index contributed by atoms with van der Waals surface area (Å²) in [4.78, 5) is 15.0. The van der Waals surface area contributed by atoms with Crippen LogP contribution in [0.4, 0.5) is 5.69 Å². The fourth-order valence-electron chi connectivity index (χ4n) is 1.41. The molecule has 2 aliphatic rings. The van der Waals surface area contributed by atoms with Crippen LogP contribution in [0.2, 0.25) is 0 Å². The van der Waals surface area contributed by atoms with Crippen LogP contribution in [0.1, 0.15) is 0 Å². The summed E-state index contributed by atoms with van der Waals surface area (Å²) in [5.41, 5.74) is 1.14. The van der Waals surface area contributed by atoms with Crippen molar-refractivity contribution in [2.75, 3.05) is 0 Å². The van der Waals surface area contributed by atoms with Gasteiger partial charge >= 0.3 is 0 Å². The van der Waals surface area contributed by atoms with Crippen LogP contribution < -0.4 is 10.6 Å². The van der Waals surface area contributed by atoms with Gasteiger partial charge in [0.25, 0.3) is 5.91 Å². The van der Waals surface area contributed by atoms with E-state index in [4.69, 9.17) is 0 Å². The van der Waals surface area contributed by atoms with Crippen LogP contribution >= 0.6 is 12.4 Å². The predicted octanol–water partition coefficient (Wildman–Crippen LogP) is 0.474. The third-order valence-corrected chi connectivity index (χ3v) is 1.94. The summed E-state index contributed by atoms with van der Waals surface area (Å²) in [5.74, 6) is -0.279. The van der Waals surface area contributed by atoms with Crippen molar-refractivity contribution >= 4 is 29.7 Å². The second-order valence-corrected chi connectivity index (χ2v) is 2.64. The molecular formula is C8H4ClN3O. The highest BCUT2D eigenvalue weighted by Crippen LogP contribution is 2.17. The van der Waals surface area contributed by atoms with Gasteiger partial charge in [0.1, 0.15) is 0 Å². The molecule has 0 unspecified atom stereocenters. The molecular weight excluding hydrogens is 190 g/mol. The Kier molecular flexibility index (Phi) is 1.53. The van der Waals surface area contributed by atoms with Crippen LogP contribution in [0.3, 0.4) is 0 Å². The molecule has 0 atom stereocenters. The molecule has 64 valence electrons. The molecule has 0 saturated heterocycles. The lowest BCUT2D eigenvalue weighted by molar-refractivity contribution is -0.112. The van der Waals surface area contributed by atoms with Crippen molar-refractivity contribution in [2.24, 2.45) is 15.2 Å². The van der Waals surface area contributed by atoms with E-state index in [0.717, 1.165) is 10.9 Å². The number of hydrogen-bond donors (Lipinski definition) is 0. The molecule has 1 aromatic rings. The van der Waals surface area contributed by atoms with Gasteiger partial charge < -0.3 is 0 Å². The van der Waals surface area contributed by atoms with Gasteiger partial charge in [-0.3, -0.25) is 4.79 Å². The standard InChI is InChI=1S/C8H3N3O.ClH/c12-8-7-6-4(9-8)2-1-3-5(6)10-11-7;/h1-3H;1H. The Morgan fingerprint density at radius 2 is 2.00 bits per heavy atom. The minimum absolute atomic E-state index is 0. The fraction of sp³-hybridized carbons (Fsp3) is 0. The van der Waals surface area contributed by atoms with Crippen LogP contribution in [-0.4, -0.2) is 5.91 Å². The van der Waals surface area contributed by atoms with Gasteiger partial charge in [0, 0.05) is 0 Å². The molecule has 0 bridgehead atoms. The third kappa shape index (κ3) is 0.860. The number of halogens is 1. The average molecular weight is 194 g/mol. The lowest BCUT2D eigenvalue weighted by Gasteiger charge is -1.84. The summed E-state index contributed by atoms with van der Waals surface area (Å²) in [6.45, 7) is 0. The molecule has 5 heteroatoms. The lowest BCUT2D eigenvalue weighted by Crippen LogP contribution is -2.20. The molecule has 3 rings (SSSR count). The Morgan fingerprint density at radius 3 is 2.85 bits per heavy atom. The second kappa shape index (κ2) is 2.47. The van der Waals surface area contributed by atoms with Gasteiger partial charge in [-0.2, -0.15) is 0 Å². The Morgan fingerprint density at radius 1 is 1.15 bits per heavy atom. The molecule has 0 N–H and O–H groups in total. The van der Waals surface area contributed by atoms with Crippen molar-refractivity contribution in [3.05, 3.63) is 28.8 Å². The van der Waals surface area contributed by atoms with Gasteiger partial charge in [0.2, 0.25) is 0 Å². The van der Waals surface area contributed by atoms with Gasteiger partial charge in [-0.25, -0.2) is 4.99 Å². The zero-order chi connectivity index (χ0) is 8.13. The highest BCUT2D eigenvalue weighted by Gasteiger charge is 2.21. The van der Waals surface area contributed by atoms with Crippen molar-refractivity contribution in [2.45, 2.75) is 0 Å². The highest BCUT2D eigenvalue weighted by molar-refractivity contribution is 6.15. The summed E-state index contributed by atoms with van der Waals surface area (Å²) in [6.07, 6.45) is 0. The van der Waals surface area contributed by atoms with Crippen molar-refractivity contribution < 1.29 is 4.79 Å². The number of amides is 1. The maximum Gasteiger partial charge on any atom is 0.298 e. The molecule has 0 spiro atoms. The van der Waals surface area contributed by atoms with Crippen molar-refractivity contribution in [1.29, 1.82) is 0 Å². The van der Waals surface area contributed by atoms with Crippen molar-refractivity contribution in [3.63, 3.8) is 0 Å². The number of rotatable bonds is 0. The molecule has 4 nitrogen and oxygen atoms in total. The first-order chi connectivity index (χ1) is 5.86. The minimum atomic E-state index is -0.279. The summed E-state index contributed by atoms with van der Waals surface area (Å²) in [6, 6.07) is 5.43. The van der Waals surface area contributed by atoms with E-state index >= 15 is 0 Å². The summed E-state index contributed by atoms with van der Waals surface area (Å²) >= 11 is 0. The number of azo groups is 1. The van der Waals surface area contributed by atoms with Crippen LogP contribution in [0, 0.1) is 0 Å². The molecule has 1 amide bonds. The Hall–Kier alpha value is -1.55. The smallest absolute Gasteiger partial charge is 0.265 e. The second-order valence-electron chi connectivity index (χ2n) is 2.64. The molecule has 0 radical (unpaired) electrons. The Labute approximate surface area is 79.1 Å². The molecule has 1 aromatic carbocycles. The zero-order valence-electron chi connectivity index (χ0n) is 6.39. The monoisotopic (exact) mass is 193 g/mol. The van der Waals surface area contributed by atoms with Crippen molar-refractivity contribution in [3.8, 4) is 0 Å².